The van der Waals surface area contributed by atoms with Crippen LogP contribution in [0, 0.1) is 0 Å². The van der Waals surface area contributed by atoms with Gasteiger partial charge in [-0.1, -0.05) is 0 Å². The van der Waals surface area contributed by atoms with Gasteiger partial charge in [0, 0.05) is 18.7 Å². The number of anilines is 1. The average molecular weight is 211 g/mol. The van der Waals surface area contributed by atoms with Crippen LogP contribution in [0.2, 0.25) is 0 Å². The largest absolute Gasteiger partial charge is 0.494 e. The number of benzene rings is 1. The van der Waals surface area contributed by atoms with Gasteiger partial charge in [0.05, 0.1) is 27.0 Å². The summed E-state index contributed by atoms with van der Waals surface area (Å²) in [5.41, 5.74) is 0.901. The number of rotatable bonds is 5. The van der Waals surface area contributed by atoms with E-state index in [1.54, 1.807) is 27.4 Å². The first-order valence-corrected chi connectivity index (χ1v) is 4.80. The van der Waals surface area contributed by atoms with E-state index in [9.17, 15) is 0 Å². The van der Waals surface area contributed by atoms with E-state index in [-0.39, 0.29) is 0 Å². The molecule has 15 heavy (non-hydrogen) atoms. The third kappa shape index (κ3) is 2.46. The highest BCUT2D eigenvalue weighted by molar-refractivity contribution is 5.64. The predicted octanol–water partition coefficient (Wildman–Crippen LogP) is 2.14. The molecule has 0 fully saturated rings. The molecule has 0 atom stereocenters. The van der Waals surface area contributed by atoms with Gasteiger partial charge in [-0.15, -0.1) is 0 Å². The second-order valence-corrected chi connectivity index (χ2v) is 2.94. The van der Waals surface area contributed by atoms with Gasteiger partial charge in [-0.3, -0.25) is 0 Å². The number of hydrogen-bond acceptors (Lipinski definition) is 4. The van der Waals surface area contributed by atoms with Gasteiger partial charge in [-0.25, -0.2) is 0 Å². The summed E-state index contributed by atoms with van der Waals surface area (Å²) < 4.78 is 15.6. The Hall–Kier alpha value is -1.58. The second-order valence-electron chi connectivity index (χ2n) is 2.94. The third-order valence-electron chi connectivity index (χ3n) is 2.07. The van der Waals surface area contributed by atoms with E-state index in [1.165, 1.54) is 0 Å². The van der Waals surface area contributed by atoms with E-state index in [0.29, 0.717) is 11.5 Å². The fourth-order valence-electron chi connectivity index (χ4n) is 1.36. The van der Waals surface area contributed by atoms with Crippen LogP contribution >= 0.6 is 0 Å². The van der Waals surface area contributed by atoms with Crippen LogP contribution in [0.3, 0.4) is 0 Å². The maximum Gasteiger partial charge on any atom is 0.164 e. The Morgan fingerprint density at radius 3 is 1.93 bits per heavy atom. The molecule has 1 rings (SSSR count). The van der Waals surface area contributed by atoms with Crippen molar-refractivity contribution in [1.29, 1.82) is 0 Å². The average Bonchev–Trinajstić information content (AvgIpc) is 2.28. The van der Waals surface area contributed by atoms with Crippen molar-refractivity contribution in [2.45, 2.75) is 6.92 Å². The fourth-order valence-corrected chi connectivity index (χ4v) is 1.36. The predicted molar refractivity (Wildman–Crippen MR) is 60.3 cm³/mol. The van der Waals surface area contributed by atoms with Crippen LogP contribution in [0.4, 0.5) is 5.69 Å². The minimum atomic E-state index is 0.663. The molecule has 1 aromatic rings. The topological polar surface area (TPSA) is 39.7 Å². The van der Waals surface area contributed by atoms with E-state index in [0.717, 1.165) is 18.0 Å². The molecular weight excluding hydrogens is 194 g/mol. The van der Waals surface area contributed by atoms with Crippen molar-refractivity contribution in [2.75, 3.05) is 33.2 Å². The van der Waals surface area contributed by atoms with Crippen molar-refractivity contribution in [3.63, 3.8) is 0 Å². The standard InChI is InChI=1S/C11H17NO3/c1-5-12-8-6-10(14-3)11(15-4)7-9(8)13-2/h6-7,12H,5H2,1-4H3. The normalized spacial score (nSPS) is 9.60. The Morgan fingerprint density at radius 1 is 0.933 bits per heavy atom. The molecule has 84 valence electrons. The summed E-state index contributed by atoms with van der Waals surface area (Å²) in [4.78, 5) is 0. The molecule has 0 heterocycles. The quantitative estimate of drug-likeness (QED) is 0.810. The van der Waals surface area contributed by atoms with E-state index >= 15 is 0 Å². The van der Waals surface area contributed by atoms with Crippen molar-refractivity contribution in [3.8, 4) is 17.2 Å². The number of nitrogens with one attached hydrogen (secondary N) is 1. The summed E-state index contributed by atoms with van der Waals surface area (Å²) in [7, 11) is 4.84. The van der Waals surface area contributed by atoms with Crippen molar-refractivity contribution < 1.29 is 14.2 Å². The monoisotopic (exact) mass is 211 g/mol. The molecule has 0 amide bonds. The Labute approximate surface area is 90.1 Å². The SMILES string of the molecule is CCNc1cc(OC)c(OC)cc1OC. The minimum Gasteiger partial charge on any atom is -0.494 e. The molecule has 4 heteroatoms. The third-order valence-corrected chi connectivity index (χ3v) is 2.07. The lowest BCUT2D eigenvalue weighted by Crippen LogP contribution is -2.01. The van der Waals surface area contributed by atoms with Crippen molar-refractivity contribution in [1.82, 2.24) is 0 Å². The second kappa shape index (κ2) is 5.34. The first-order valence-electron chi connectivity index (χ1n) is 4.80. The lowest BCUT2D eigenvalue weighted by molar-refractivity contribution is 0.349. The van der Waals surface area contributed by atoms with Crippen LogP contribution in [0.25, 0.3) is 0 Å². The summed E-state index contributed by atoms with van der Waals surface area (Å²) >= 11 is 0. The molecule has 0 unspecified atom stereocenters. The molecular formula is C11H17NO3. The van der Waals surface area contributed by atoms with Gasteiger partial charge in [0.2, 0.25) is 0 Å². The van der Waals surface area contributed by atoms with Gasteiger partial charge in [0.25, 0.3) is 0 Å². The molecule has 1 N–H and O–H groups in total. The van der Waals surface area contributed by atoms with Crippen LogP contribution in [-0.2, 0) is 0 Å². The lowest BCUT2D eigenvalue weighted by atomic mass is 10.2. The first-order chi connectivity index (χ1) is 7.26. The molecule has 0 aliphatic rings. The van der Waals surface area contributed by atoms with Gasteiger partial charge in [-0.05, 0) is 6.92 Å². The molecule has 0 saturated carbocycles. The minimum absolute atomic E-state index is 0.663. The van der Waals surface area contributed by atoms with Crippen molar-refractivity contribution in [2.24, 2.45) is 0 Å². The smallest absolute Gasteiger partial charge is 0.164 e. The molecule has 4 nitrogen and oxygen atoms in total. The van der Waals surface area contributed by atoms with Crippen LogP contribution in [0.15, 0.2) is 12.1 Å². The highest BCUT2D eigenvalue weighted by Gasteiger charge is 2.10. The Bertz CT molecular complexity index is 326. The maximum absolute atomic E-state index is 5.24. The van der Waals surface area contributed by atoms with E-state index in [4.69, 9.17) is 14.2 Å². The molecule has 0 saturated heterocycles. The number of methoxy groups -OCH3 is 3. The Balaban J connectivity index is 3.15. The molecule has 0 radical (unpaired) electrons. The lowest BCUT2D eigenvalue weighted by Gasteiger charge is -2.14. The van der Waals surface area contributed by atoms with E-state index in [1.807, 2.05) is 13.0 Å². The molecule has 0 aromatic heterocycles. The summed E-state index contributed by atoms with van der Waals surface area (Å²) in [5, 5.41) is 3.19. The highest BCUT2D eigenvalue weighted by Crippen LogP contribution is 2.37. The molecule has 0 aliphatic heterocycles. The first kappa shape index (κ1) is 11.5. The zero-order chi connectivity index (χ0) is 11.3. The summed E-state index contributed by atoms with van der Waals surface area (Å²) in [6, 6.07) is 3.66. The van der Waals surface area contributed by atoms with Crippen molar-refractivity contribution >= 4 is 5.69 Å². The van der Waals surface area contributed by atoms with E-state index < -0.39 is 0 Å². The Kier molecular flexibility index (Phi) is 4.09. The van der Waals surface area contributed by atoms with Gasteiger partial charge >= 0.3 is 0 Å². The van der Waals surface area contributed by atoms with Crippen LogP contribution < -0.4 is 19.5 Å². The molecule has 1 aromatic carbocycles. The van der Waals surface area contributed by atoms with Gasteiger partial charge in [0.15, 0.2) is 11.5 Å². The maximum atomic E-state index is 5.24. The number of hydrogen-bond donors (Lipinski definition) is 1. The van der Waals surface area contributed by atoms with Crippen molar-refractivity contribution in [3.05, 3.63) is 12.1 Å². The van der Waals surface area contributed by atoms with E-state index in [2.05, 4.69) is 5.32 Å². The zero-order valence-corrected chi connectivity index (χ0v) is 9.59. The Morgan fingerprint density at radius 2 is 1.47 bits per heavy atom. The summed E-state index contributed by atoms with van der Waals surface area (Å²) in [5.74, 6) is 2.10. The molecule has 0 bridgehead atoms. The highest BCUT2D eigenvalue weighted by atomic mass is 16.5. The van der Waals surface area contributed by atoms with Gasteiger partial charge < -0.3 is 19.5 Å². The summed E-state index contributed by atoms with van der Waals surface area (Å²) in [6.45, 7) is 2.85. The zero-order valence-electron chi connectivity index (χ0n) is 9.59. The molecule has 0 spiro atoms. The van der Waals surface area contributed by atoms with Crippen LogP contribution in [-0.4, -0.2) is 27.9 Å². The summed E-state index contributed by atoms with van der Waals surface area (Å²) in [6.07, 6.45) is 0. The van der Waals surface area contributed by atoms with Gasteiger partial charge in [-0.2, -0.15) is 0 Å². The number of ether oxygens (including phenoxy) is 3. The van der Waals surface area contributed by atoms with Crippen LogP contribution in [0.5, 0.6) is 17.2 Å². The van der Waals surface area contributed by atoms with Gasteiger partial charge in [0.1, 0.15) is 5.75 Å². The molecule has 0 aliphatic carbocycles. The van der Waals surface area contributed by atoms with Crippen LogP contribution in [0.1, 0.15) is 6.92 Å². The fraction of sp³-hybridized carbons (Fsp3) is 0.455.